The molecule has 0 spiro atoms. The van der Waals surface area contributed by atoms with E-state index in [9.17, 15) is 4.79 Å². The fourth-order valence-electron chi connectivity index (χ4n) is 1.34. The normalized spacial score (nSPS) is 20.9. The average molecular weight is 155 g/mol. The minimum Gasteiger partial charge on any atom is -0.315 e. The SMILES string of the molecule is CCCCC(=O)C1(C)CNC1. The van der Waals surface area contributed by atoms with Crippen LogP contribution in [0.4, 0.5) is 0 Å². The number of hydrogen-bond acceptors (Lipinski definition) is 2. The molecule has 0 radical (unpaired) electrons. The Bertz CT molecular complexity index is 150. The molecule has 1 N–H and O–H groups in total. The molecule has 0 saturated carbocycles. The second-order valence-electron chi connectivity index (χ2n) is 3.69. The maximum atomic E-state index is 11.5. The molecule has 11 heavy (non-hydrogen) atoms. The molecule has 0 amide bonds. The first-order valence-corrected chi connectivity index (χ1v) is 4.43. The summed E-state index contributed by atoms with van der Waals surface area (Å²) in [6.45, 7) is 5.95. The summed E-state index contributed by atoms with van der Waals surface area (Å²) in [5.41, 5.74) is -0.0187. The molecule has 0 aliphatic carbocycles. The Hall–Kier alpha value is -0.370. The number of hydrogen-bond donors (Lipinski definition) is 1. The van der Waals surface area contributed by atoms with Crippen molar-refractivity contribution in [1.29, 1.82) is 0 Å². The molecule has 1 heterocycles. The maximum Gasteiger partial charge on any atom is 0.141 e. The van der Waals surface area contributed by atoms with Crippen LogP contribution in [0.15, 0.2) is 0 Å². The molecule has 1 saturated heterocycles. The van der Waals surface area contributed by atoms with E-state index in [0.717, 1.165) is 32.4 Å². The standard InChI is InChI=1S/C9H17NO/c1-3-4-5-8(11)9(2)6-10-7-9/h10H,3-7H2,1-2H3. The van der Waals surface area contributed by atoms with E-state index in [2.05, 4.69) is 19.2 Å². The quantitative estimate of drug-likeness (QED) is 0.664. The first kappa shape index (κ1) is 8.72. The van der Waals surface area contributed by atoms with E-state index in [0.29, 0.717) is 5.78 Å². The van der Waals surface area contributed by atoms with Crippen LogP contribution in [0.3, 0.4) is 0 Å². The van der Waals surface area contributed by atoms with Crippen molar-refractivity contribution in [3.63, 3.8) is 0 Å². The van der Waals surface area contributed by atoms with Gasteiger partial charge in [-0.15, -0.1) is 0 Å². The summed E-state index contributed by atoms with van der Waals surface area (Å²) < 4.78 is 0. The lowest BCUT2D eigenvalue weighted by molar-refractivity contribution is -0.130. The van der Waals surface area contributed by atoms with E-state index in [1.165, 1.54) is 0 Å². The highest BCUT2D eigenvalue weighted by molar-refractivity contribution is 5.85. The minimum absolute atomic E-state index is 0.0187. The number of rotatable bonds is 4. The average Bonchev–Trinajstić information content (AvgIpc) is 1.95. The zero-order valence-corrected chi connectivity index (χ0v) is 7.44. The van der Waals surface area contributed by atoms with Crippen LogP contribution in [0.5, 0.6) is 0 Å². The number of carbonyl (C=O) groups is 1. The van der Waals surface area contributed by atoms with Gasteiger partial charge in [-0.05, 0) is 6.42 Å². The van der Waals surface area contributed by atoms with Crippen LogP contribution >= 0.6 is 0 Å². The van der Waals surface area contributed by atoms with Gasteiger partial charge in [0.15, 0.2) is 0 Å². The molecule has 1 fully saturated rings. The van der Waals surface area contributed by atoms with Crippen molar-refractivity contribution < 1.29 is 4.79 Å². The topological polar surface area (TPSA) is 29.1 Å². The largest absolute Gasteiger partial charge is 0.315 e. The van der Waals surface area contributed by atoms with Crippen molar-refractivity contribution in [1.82, 2.24) is 5.32 Å². The van der Waals surface area contributed by atoms with Gasteiger partial charge < -0.3 is 5.32 Å². The fourth-order valence-corrected chi connectivity index (χ4v) is 1.34. The predicted octanol–water partition coefficient (Wildman–Crippen LogP) is 1.36. The van der Waals surface area contributed by atoms with Crippen molar-refractivity contribution in [2.24, 2.45) is 5.41 Å². The second-order valence-corrected chi connectivity index (χ2v) is 3.69. The van der Waals surface area contributed by atoms with Crippen LogP contribution in [0, 0.1) is 5.41 Å². The number of carbonyl (C=O) groups excluding carboxylic acids is 1. The van der Waals surface area contributed by atoms with E-state index in [4.69, 9.17) is 0 Å². The summed E-state index contributed by atoms with van der Waals surface area (Å²) in [7, 11) is 0. The summed E-state index contributed by atoms with van der Waals surface area (Å²) in [5, 5.41) is 3.14. The molecular weight excluding hydrogens is 138 g/mol. The Morgan fingerprint density at radius 3 is 2.55 bits per heavy atom. The van der Waals surface area contributed by atoms with Crippen LogP contribution in [0.2, 0.25) is 0 Å². The summed E-state index contributed by atoms with van der Waals surface area (Å²) in [4.78, 5) is 11.5. The molecule has 0 aromatic rings. The third kappa shape index (κ3) is 1.80. The van der Waals surface area contributed by atoms with Gasteiger partial charge in [0.05, 0.1) is 5.41 Å². The molecule has 1 rings (SSSR count). The smallest absolute Gasteiger partial charge is 0.141 e. The highest BCUT2D eigenvalue weighted by Gasteiger charge is 2.37. The van der Waals surface area contributed by atoms with Crippen molar-refractivity contribution in [2.45, 2.75) is 33.1 Å². The van der Waals surface area contributed by atoms with Gasteiger partial charge in [-0.2, -0.15) is 0 Å². The van der Waals surface area contributed by atoms with E-state index in [1.54, 1.807) is 0 Å². The summed E-state index contributed by atoms with van der Waals surface area (Å²) in [6, 6.07) is 0. The number of Topliss-reactive ketones (excluding diaryl/α,β-unsaturated/α-hetero) is 1. The lowest BCUT2D eigenvalue weighted by atomic mass is 9.78. The van der Waals surface area contributed by atoms with Crippen molar-refractivity contribution in [3.05, 3.63) is 0 Å². The molecule has 0 aromatic heterocycles. The molecule has 0 bridgehead atoms. The van der Waals surface area contributed by atoms with Crippen LogP contribution in [-0.4, -0.2) is 18.9 Å². The molecule has 1 aliphatic heterocycles. The van der Waals surface area contributed by atoms with Crippen LogP contribution in [-0.2, 0) is 4.79 Å². The Balaban J connectivity index is 2.28. The van der Waals surface area contributed by atoms with Gasteiger partial charge in [0.1, 0.15) is 5.78 Å². The summed E-state index contributed by atoms with van der Waals surface area (Å²) >= 11 is 0. The molecular formula is C9H17NO. The minimum atomic E-state index is -0.0187. The lowest BCUT2D eigenvalue weighted by Crippen LogP contribution is -2.56. The van der Waals surface area contributed by atoms with Crippen LogP contribution in [0.25, 0.3) is 0 Å². The predicted molar refractivity (Wildman–Crippen MR) is 45.5 cm³/mol. The van der Waals surface area contributed by atoms with E-state index >= 15 is 0 Å². The van der Waals surface area contributed by atoms with Crippen molar-refractivity contribution in [2.75, 3.05) is 13.1 Å². The zero-order valence-electron chi connectivity index (χ0n) is 7.44. The Kier molecular flexibility index (Phi) is 2.66. The molecule has 2 heteroatoms. The van der Waals surface area contributed by atoms with Gasteiger partial charge in [0, 0.05) is 19.5 Å². The van der Waals surface area contributed by atoms with Gasteiger partial charge in [0.25, 0.3) is 0 Å². The molecule has 0 atom stereocenters. The van der Waals surface area contributed by atoms with Gasteiger partial charge in [-0.3, -0.25) is 4.79 Å². The van der Waals surface area contributed by atoms with Gasteiger partial charge in [-0.1, -0.05) is 20.3 Å². The van der Waals surface area contributed by atoms with E-state index in [-0.39, 0.29) is 5.41 Å². The Morgan fingerprint density at radius 1 is 1.55 bits per heavy atom. The first-order valence-electron chi connectivity index (χ1n) is 4.43. The number of ketones is 1. The third-order valence-electron chi connectivity index (χ3n) is 2.46. The van der Waals surface area contributed by atoms with Crippen molar-refractivity contribution >= 4 is 5.78 Å². The molecule has 0 aromatic carbocycles. The Labute approximate surface area is 68.4 Å². The van der Waals surface area contributed by atoms with Gasteiger partial charge >= 0.3 is 0 Å². The van der Waals surface area contributed by atoms with Crippen LogP contribution < -0.4 is 5.32 Å². The van der Waals surface area contributed by atoms with Crippen molar-refractivity contribution in [3.8, 4) is 0 Å². The third-order valence-corrected chi connectivity index (χ3v) is 2.46. The van der Waals surface area contributed by atoms with Gasteiger partial charge in [0.2, 0.25) is 0 Å². The Morgan fingerprint density at radius 2 is 2.18 bits per heavy atom. The van der Waals surface area contributed by atoms with Gasteiger partial charge in [-0.25, -0.2) is 0 Å². The highest BCUT2D eigenvalue weighted by atomic mass is 16.1. The monoisotopic (exact) mass is 155 g/mol. The fraction of sp³-hybridized carbons (Fsp3) is 0.889. The first-order chi connectivity index (χ1) is 5.19. The maximum absolute atomic E-state index is 11.5. The molecule has 2 nitrogen and oxygen atoms in total. The highest BCUT2D eigenvalue weighted by Crippen LogP contribution is 2.24. The number of nitrogens with one attached hydrogen (secondary N) is 1. The molecule has 0 unspecified atom stereocenters. The number of unbranched alkanes of at least 4 members (excludes halogenated alkanes) is 1. The summed E-state index contributed by atoms with van der Waals surface area (Å²) in [6.07, 6.45) is 2.94. The van der Waals surface area contributed by atoms with E-state index < -0.39 is 0 Å². The zero-order chi connectivity index (χ0) is 8.32. The molecule has 1 aliphatic rings. The van der Waals surface area contributed by atoms with E-state index in [1.807, 2.05) is 0 Å². The molecule has 64 valence electrons. The van der Waals surface area contributed by atoms with Crippen LogP contribution in [0.1, 0.15) is 33.1 Å². The summed E-state index contributed by atoms with van der Waals surface area (Å²) in [5.74, 6) is 0.443. The lowest BCUT2D eigenvalue weighted by Gasteiger charge is -2.37. The second kappa shape index (κ2) is 3.35.